The van der Waals surface area contributed by atoms with Crippen LogP contribution >= 0.6 is 11.3 Å². The molecule has 15 heteroatoms. The molecule has 0 atom stereocenters. The highest BCUT2D eigenvalue weighted by Gasteiger charge is 2.27. The summed E-state index contributed by atoms with van der Waals surface area (Å²) in [5.41, 5.74) is 3.37. The SMILES string of the molecule is Cc1cc(Nc2nc(C3=CCCN(C(=O)OC(C)(C)C)C3)cn3c(-c4cnn(C)c4)cnc23)sc1S(=O)(=O)NCCOC(C)(C)C. The van der Waals surface area contributed by atoms with Crippen LogP contribution in [0, 0.1) is 6.92 Å². The number of ether oxygens (including phenoxy) is 2. The smallest absolute Gasteiger partial charge is 0.410 e. The molecular formula is C31H42N8O5S2. The number of aromatic nitrogens is 5. The molecule has 5 heterocycles. The molecule has 0 saturated carbocycles. The molecule has 1 amide bonds. The third kappa shape index (κ3) is 7.94. The van der Waals surface area contributed by atoms with Gasteiger partial charge in [-0.15, -0.1) is 11.3 Å². The monoisotopic (exact) mass is 670 g/mol. The summed E-state index contributed by atoms with van der Waals surface area (Å²) in [5, 5.41) is 8.25. The summed E-state index contributed by atoms with van der Waals surface area (Å²) in [4.78, 5) is 24.2. The van der Waals surface area contributed by atoms with Gasteiger partial charge in [0.25, 0.3) is 0 Å². The van der Waals surface area contributed by atoms with E-state index in [2.05, 4.69) is 26.2 Å². The lowest BCUT2D eigenvalue weighted by atomic mass is 10.1. The van der Waals surface area contributed by atoms with Crippen molar-refractivity contribution in [2.75, 3.05) is 31.6 Å². The van der Waals surface area contributed by atoms with Gasteiger partial charge in [-0.3, -0.25) is 9.08 Å². The van der Waals surface area contributed by atoms with Crippen LogP contribution in [0.25, 0.3) is 22.5 Å². The van der Waals surface area contributed by atoms with Crippen molar-refractivity contribution in [1.29, 1.82) is 0 Å². The molecule has 5 rings (SSSR count). The fourth-order valence-corrected chi connectivity index (χ4v) is 7.57. The first-order valence-electron chi connectivity index (χ1n) is 15.0. The number of amides is 1. The summed E-state index contributed by atoms with van der Waals surface area (Å²) >= 11 is 1.11. The molecule has 4 aromatic heterocycles. The van der Waals surface area contributed by atoms with E-state index in [1.807, 2.05) is 65.4 Å². The number of rotatable bonds is 9. The van der Waals surface area contributed by atoms with Crippen molar-refractivity contribution in [3.63, 3.8) is 0 Å². The zero-order valence-electron chi connectivity index (χ0n) is 27.5. The van der Waals surface area contributed by atoms with Crippen LogP contribution < -0.4 is 10.0 Å². The quantitative estimate of drug-likeness (QED) is 0.225. The maximum atomic E-state index is 13.2. The number of nitrogens with zero attached hydrogens (tertiary/aromatic N) is 6. The molecule has 2 N–H and O–H groups in total. The van der Waals surface area contributed by atoms with Crippen LogP contribution in [0.3, 0.4) is 0 Å². The van der Waals surface area contributed by atoms with Crippen molar-refractivity contribution < 1.29 is 22.7 Å². The average Bonchev–Trinajstić information content (AvgIpc) is 3.68. The number of thiophene rings is 1. The summed E-state index contributed by atoms with van der Waals surface area (Å²) in [6, 6.07) is 1.78. The Kier molecular flexibility index (Phi) is 9.33. The van der Waals surface area contributed by atoms with Crippen LogP contribution in [0.1, 0.15) is 59.2 Å². The van der Waals surface area contributed by atoms with Crippen molar-refractivity contribution in [2.45, 2.75) is 70.3 Å². The number of nitrogens with one attached hydrogen (secondary N) is 2. The van der Waals surface area contributed by atoms with Gasteiger partial charge in [0.1, 0.15) is 9.81 Å². The zero-order chi connectivity index (χ0) is 33.4. The van der Waals surface area contributed by atoms with Crippen LogP contribution in [0.5, 0.6) is 0 Å². The summed E-state index contributed by atoms with van der Waals surface area (Å²) < 4.78 is 44.1. The first kappa shape index (κ1) is 33.6. The second-order valence-corrected chi connectivity index (χ2v) is 16.2. The van der Waals surface area contributed by atoms with Gasteiger partial charge in [0.2, 0.25) is 10.0 Å². The van der Waals surface area contributed by atoms with Crippen LogP contribution in [-0.4, -0.2) is 81.0 Å². The van der Waals surface area contributed by atoms with Gasteiger partial charge in [-0.1, -0.05) is 6.08 Å². The summed E-state index contributed by atoms with van der Waals surface area (Å²) in [6.45, 7) is 14.3. The molecule has 0 spiro atoms. The van der Waals surface area contributed by atoms with E-state index in [1.54, 1.807) is 35.0 Å². The van der Waals surface area contributed by atoms with Crippen molar-refractivity contribution in [3.8, 4) is 11.3 Å². The number of hydrogen-bond donors (Lipinski definition) is 2. The maximum absolute atomic E-state index is 13.2. The molecule has 0 bridgehead atoms. The minimum absolute atomic E-state index is 0.157. The van der Waals surface area contributed by atoms with E-state index in [1.165, 1.54) is 0 Å². The van der Waals surface area contributed by atoms with E-state index in [9.17, 15) is 13.2 Å². The Hall–Kier alpha value is -3.79. The summed E-state index contributed by atoms with van der Waals surface area (Å²) in [7, 11) is -1.92. The number of carbonyl (C=O) groups excluding carboxylic acids is 1. The second-order valence-electron chi connectivity index (χ2n) is 13.2. The number of imidazole rings is 1. The number of anilines is 2. The normalized spacial score (nSPS) is 14.5. The van der Waals surface area contributed by atoms with E-state index >= 15 is 0 Å². The van der Waals surface area contributed by atoms with Gasteiger partial charge in [0, 0.05) is 38.1 Å². The first-order chi connectivity index (χ1) is 21.5. The van der Waals surface area contributed by atoms with Gasteiger partial charge in [0.05, 0.1) is 47.5 Å². The molecule has 13 nitrogen and oxygen atoms in total. The number of carbonyl (C=O) groups is 1. The highest BCUT2D eigenvalue weighted by atomic mass is 32.2. The van der Waals surface area contributed by atoms with Gasteiger partial charge in [-0.05, 0) is 72.1 Å². The minimum atomic E-state index is -3.77. The molecular weight excluding hydrogens is 629 g/mol. The predicted octanol–water partition coefficient (Wildman–Crippen LogP) is 5.36. The van der Waals surface area contributed by atoms with E-state index < -0.39 is 15.6 Å². The maximum Gasteiger partial charge on any atom is 0.410 e. The van der Waals surface area contributed by atoms with Gasteiger partial charge in [-0.2, -0.15) is 5.10 Å². The van der Waals surface area contributed by atoms with Crippen LogP contribution in [-0.2, 0) is 26.5 Å². The number of sulfonamides is 1. The number of fused-ring (bicyclic) bond motifs is 1. The van der Waals surface area contributed by atoms with E-state index in [0.717, 1.165) is 28.2 Å². The van der Waals surface area contributed by atoms with Crippen LogP contribution in [0.15, 0.2) is 41.1 Å². The van der Waals surface area contributed by atoms with Gasteiger partial charge < -0.3 is 19.7 Å². The van der Waals surface area contributed by atoms with Crippen LogP contribution in [0.2, 0.25) is 0 Å². The van der Waals surface area contributed by atoms with E-state index in [-0.39, 0.29) is 29.1 Å². The third-order valence-corrected chi connectivity index (χ3v) is 10.2. The number of aryl methyl sites for hydroxylation is 2. The fraction of sp³-hybridized carbons (Fsp3) is 0.484. The largest absolute Gasteiger partial charge is 0.444 e. The molecule has 4 aromatic rings. The topological polar surface area (TPSA) is 145 Å². The van der Waals surface area contributed by atoms with Gasteiger partial charge >= 0.3 is 6.09 Å². The molecule has 0 aliphatic carbocycles. The van der Waals surface area contributed by atoms with E-state index in [4.69, 9.17) is 14.5 Å². The molecule has 0 unspecified atom stereocenters. The Balaban J connectivity index is 1.47. The molecule has 0 radical (unpaired) electrons. The summed E-state index contributed by atoms with van der Waals surface area (Å²) in [5.74, 6) is 0.444. The highest BCUT2D eigenvalue weighted by Crippen LogP contribution is 2.35. The van der Waals surface area contributed by atoms with E-state index in [0.29, 0.717) is 47.2 Å². The summed E-state index contributed by atoms with van der Waals surface area (Å²) in [6.07, 6.45) is 9.67. The van der Waals surface area contributed by atoms with Gasteiger partial charge in [-0.25, -0.2) is 27.9 Å². The van der Waals surface area contributed by atoms with Gasteiger partial charge in [0.15, 0.2) is 11.5 Å². The molecule has 0 aromatic carbocycles. The Labute approximate surface area is 273 Å². The third-order valence-electron chi connectivity index (χ3n) is 6.91. The van der Waals surface area contributed by atoms with Crippen molar-refractivity contribution in [3.05, 3.63) is 48.2 Å². The molecule has 46 heavy (non-hydrogen) atoms. The Morgan fingerprint density at radius 2 is 1.87 bits per heavy atom. The van der Waals surface area contributed by atoms with Crippen molar-refractivity contribution in [2.24, 2.45) is 7.05 Å². The molecule has 248 valence electrons. The first-order valence-corrected chi connectivity index (χ1v) is 17.3. The molecule has 0 fully saturated rings. The lowest BCUT2D eigenvalue weighted by molar-refractivity contribution is 0.000778. The predicted molar refractivity (Wildman–Crippen MR) is 179 cm³/mol. The fourth-order valence-electron chi connectivity index (χ4n) is 4.91. The van der Waals surface area contributed by atoms with Crippen molar-refractivity contribution >= 4 is 49.5 Å². The lowest BCUT2D eigenvalue weighted by Crippen LogP contribution is -2.39. The Bertz CT molecular complexity index is 1880. The second kappa shape index (κ2) is 12.8. The highest BCUT2D eigenvalue weighted by molar-refractivity contribution is 7.91. The molecule has 0 saturated heterocycles. The molecule has 1 aliphatic rings. The number of hydrogen-bond acceptors (Lipinski definition) is 10. The zero-order valence-corrected chi connectivity index (χ0v) is 29.2. The standard InChI is InChI=1S/C31H42N8O5S2/c1-20-14-25(45-28(20)46(41,42)34-11-13-43-30(2,3)4)36-26-27-32-16-24(22-15-33-37(8)17-22)39(27)19-23(35-26)21-10-9-12-38(18-21)29(40)44-31(5,6)7/h10,14-17,19,34H,9,11-13,18H2,1-8H3,(H,35,36). The van der Waals surface area contributed by atoms with Crippen molar-refractivity contribution in [1.82, 2.24) is 33.8 Å². The van der Waals surface area contributed by atoms with Crippen LogP contribution in [0.4, 0.5) is 15.6 Å². The Morgan fingerprint density at radius 3 is 2.54 bits per heavy atom. The molecule has 1 aliphatic heterocycles. The Morgan fingerprint density at radius 1 is 1.11 bits per heavy atom. The lowest BCUT2D eigenvalue weighted by Gasteiger charge is -2.30. The average molecular weight is 671 g/mol. The minimum Gasteiger partial charge on any atom is -0.444 e.